The maximum Gasteiger partial charge on any atom is 0.358 e. The van der Waals surface area contributed by atoms with E-state index in [0.29, 0.717) is 11.0 Å². The van der Waals surface area contributed by atoms with E-state index in [4.69, 9.17) is 5.11 Å². The monoisotopic (exact) mass is 191 g/mol. The summed E-state index contributed by atoms with van der Waals surface area (Å²) < 4.78 is 0. The zero-order valence-electron chi connectivity index (χ0n) is 7.61. The van der Waals surface area contributed by atoms with E-state index in [1.54, 1.807) is 6.20 Å². The molecule has 0 radical (unpaired) electrons. The number of fused-ring (bicyclic) bond motifs is 1. The fourth-order valence-corrected chi connectivity index (χ4v) is 1.29. The highest BCUT2D eigenvalue weighted by atomic mass is 16.4. The molecule has 72 valence electrons. The van der Waals surface area contributed by atoms with Crippen LogP contribution >= 0.6 is 0 Å². The lowest BCUT2D eigenvalue weighted by molar-refractivity contribution is 0.0692. The molecule has 0 aliphatic heterocycles. The highest BCUT2D eigenvalue weighted by Crippen LogP contribution is 2.14. The van der Waals surface area contributed by atoms with Crippen LogP contribution in [0, 0.1) is 0 Å². The van der Waals surface area contributed by atoms with Gasteiger partial charge in [-0.1, -0.05) is 6.92 Å². The molecule has 5 heteroatoms. The van der Waals surface area contributed by atoms with Crippen molar-refractivity contribution in [3.05, 3.63) is 23.5 Å². The normalized spacial score (nSPS) is 10.6. The molecule has 2 N–H and O–H groups in total. The predicted octanol–water partition coefficient (Wildman–Crippen LogP) is 1.22. The molecule has 2 aromatic heterocycles. The number of aromatic nitrogens is 3. The van der Waals surface area contributed by atoms with Gasteiger partial charge >= 0.3 is 5.97 Å². The van der Waals surface area contributed by atoms with Gasteiger partial charge in [-0.25, -0.2) is 4.79 Å². The lowest BCUT2D eigenvalue weighted by atomic mass is 10.2. The summed E-state index contributed by atoms with van der Waals surface area (Å²) >= 11 is 0. The molecule has 0 aliphatic carbocycles. The van der Waals surface area contributed by atoms with Crippen molar-refractivity contribution < 1.29 is 9.90 Å². The molecule has 0 aromatic carbocycles. The molecule has 0 saturated heterocycles. The van der Waals surface area contributed by atoms with Crippen molar-refractivity contribution in [3.63, 3.8) is 0 Å². The highest BCUT2D eigenvalue weighted by Gasteiger charge is 2.13. The first-order valence-electron chi connectivity index (χ1n) is 4.28. The van der Waals surface area contributed by atoms with Crippen LogP contribution in [-0.4, -0.2) is 26.3 Å². The Morgan fingerprint density at radius 3 is 3.07 bits per heavy atom. The number of hydrogen-bond donors (Lipinski definition) is 2. The van der Waals surface area contributed by atoms with Crippen LogP contribution < -0.4 is 0 Å². The van der Waals surface area contributed by atoms with Gasteiger partial charge in [-0.2, -0.15) is 5.10 Å². The van der Waals surface area contributed by atoms with Crippen molar-refractivity contribution in [2.24, 2.45) is 0 Å². The molecule has 0 bridgehead atoms. The molecule has 0 unspecified atom stereocenters. The van der Waals surface area contributed by atoms with E-state index in [9.17, 15) is 4.79 Å². The number of carbonyl (C=O) groups is 1. The van der Waals surface area contributed by atoms with Gasteiger partial charge in [0.05, 0.1) is 5.52 Å². The smallest absolute Gasteiger partial charge is 0.358 e. The summed E-state index contributed by atoms with van der Waals surface area (Å²) in [4.78, 5) is 14.8. The van der Waals surface area contributed by atoms with Gasteiger partial charge in [0.2, 0.25) is 0 Å². The molecule has 0 saturated carbocycles. The van der Waals surface area contributed by atoms with E-state index in [0.717, 1.165) is 12.0 Å². The molecule has 5 nitrogen and oxygen atoms in total. The fraction of sp³-hybridized carbons (Fsp3) is 0.222. The van der Waals surface area contributed by atoms with E-state index in [2.05, 4.69) is 15.2 Å². The summed E-state index contributed by atoms with van der Waals surface area (Å²) in [7, 11) is 0. The Bertz CT molecular complexity index is 490. The third-order valence-electron chi connectivity index (χ3n) is 2.07. The summed E-state index contributed by atoms with van der Waals surface area (Å²) in [5.41, 5.74) is 2.11. The maximum atomic E-state index is 10.7. The number of carboxylic acids is 1. The zero-order valence-corrected chi connectivity index (χ0v) is 7.61. The largest absolute Gasteiger partial charge is 0.476 e. The van der Waals surface area contributed by atoms with Crippen LogP contribution in [0.1, 0.15) is 23.0 Å². The fourth-order valence-electron chi connectivity index (χ4n) is 1.29. The molecule has 2 rings (SSSR count). The Labute approximate surface area is 79.8 Å². The third-order valence-corrected chi connectivity index (χ3v) is 2.07. The number of aromatic carboxylic acids is 1. The topological polar surface area (TPSA) is 78.9 Å². The standard InChI is InChI=1S/C9H9N3O2/c1-2-5-3-6-7(10-4-5)8(9(13)14)12-11-6/h3-4H,2H2,1H3,(H,11,12)(H,13,14). The average molecular weight is 191 g/mol. The van der Waals surface area contributed by atoms with Gasteiger partial charge in [0.1, 0.15) is 5.52 Å². The minimum absolute atomic E-state index is 0.0253. The highest BCUT2D eigenvalue weighted by molar-refractivity contribution is 5.98. The average Bonchev–Trinajstić information content (AvgIpc) is 2.59. The molecule has 2 heterocycles. The number of H-pyrrole nitrogens is 1. The summed E-state index contributed by atoms with van der Waals surface area (Å²) in [5.74, 6) is -1.06. The number of nitrogens with one attached hydrogen (secondary N) is 1. The van der Waals surface area contributed by atoms with Gasteiger partial charge in [-0.3, -0.25) is 10.1 Å². The van der Waals surface area contributed by atoms with Crippen LogP contribution in [0.2, 0.25) is 0 Å². The number of carboxylic acid groups (broad SMARTS) is 1. The Morgan fingerprint density at radius 2 is 2.43 bits per heavy atom. The molecular formula is C9H9N3O2. The first-order valence-corrected chi connectivity index (χ1v) is 4.28. The van der Waals surface area contributed by atoms with Gasteiger partial charge in [-0.15, -0.1) is 0 Å². The number of pyridine rings is 1. The van der Waals surface area contributed by atoms with Crippen LogP contribution in [0.5, 0.6) is 0 Å². The Morgan fingerprint density at radius 1 is 1.64 bits per heavy atom. The van der Waals surface area contributed by atoms with Crippen molar-refractivity contribution in [1.82, 2.24) is 15.2 Å². The molecule has 0 atom stereocenters. The summed E-state index contributed by atoms with van der Waals surface area (Å²) in [5, 5.41) is 15.1. The van der Waals surface area contributed by atoms with Crippen LogP contribution in [0.4, 0.5) is 0 Å². The SMILES string of the molecule is CCc1cnc2c(C(=O)O)n[nH]c2c1. The quantitative estimate of drug-likeness (QED) is 0.747. The Hall–Kier alpha value is -1.91. The number of rotatable bonds is 2. The van der Waals surface area contributed by atoms with Gasteiger partial charge in [0.15, 0.2) is 5.69 Å². The minimum Gasteiger partial charge on any atom is -0.476 e. The van der Waals surface area contributed by atoms with Gasteiger partial charge in [0.25, 0.3) is 0 Å². The predicted molar refractivity (Wildman–Crippen MR) is 50.2 cm³/mol. The summed E-state index contributed by atoms with van der Waals surface area (Å²) in [6, 6.07) is 1.86. The van der Waals surface area contributed by atoms with E-state index in [1.807, 2.05) is 13.0 Å². The van der Waals surface area contributed by atoms with Crippen LogP contribution in [0.15, 0.2) is 12.3 Å². The van der Waals surface area contributed by atoms with Crippen molar-refractivity contribution >= 4 is 17.0 Å². The zero-order chi connectivity index (χ0) is 10.1. The number of hydrogen-bond acceptors (Lipinski definition) is 3. The molecule has 0 fully saturated rings. The lowest BCUT2D eigenvalue weighted by Crippen LogP contribution is -1.97. The first-order chi connectivity index (χ1) is 6.72. The minimum atomic E-state index is -1.06. The van der Waals surface area contributed by atoms with Crippen LogP contribution in [-0.2, 0) is 6.42 Å². The third kappa shape index (κ3) is 1.22. The number of nitrogens with zero attached hydrogens (tertiary/aromatic N) is 2. The second-order valence-electron chi connectivity index (χ2n) is 2.97. The molecule has 0 aliphatic rings. The van der Waals surface area contributed by atoms with Crippen molar-refractivity contribution in [2.45, 2.75) is 13.3 Å². The molecular weight excluding hydrogens is 182 g/mol. The van der Waals surface area contributed by atoms with E-state index in [1.165, 1.54) is 0 Å². The Balaban J connectivity index is 2.65. The number of aromatic amines is 1. The van der Waals surface area contributed by atoms with Gasteiger partial charge in [-0.05, 0) is 18.1 Å². The first kappa shape index (κ1) is 8.68. The molecule has 0 amide bonds. The van der Waals surface area contributed by atoms with Gasteiger partial charge in [0, 0.05) is 6.20 Å². The van der Waals surface area contributed by atoms with Crippen LogP contribution in [0.3, 0.4) is 0 Å². The molecule has 14 heavy (non-hydrogen) atoms. The molecule has 0 spiro atoms. The van der Waals surface area contributed by atoms with Crippen LogP contribution in [0.25, 0.3) is 11.0 Å². The molecule has 2 aromatic rings. The van der Waals surface area contributed by atoms with Crippen molar-refractivity contribution in [2.75, 3.05) is 0 Å². The summed E-state index contributed by atoms with van der Waals surface area (Å²) in [6.45, 7) is 2.01. The van der Waals surface area contributed by atoms with Crippen molar-refractivity contribution in [3.8, 4) is 0 Å². The van der Waals surface area contributed by atoms with Crippen molar-refractivity contribution in [1.29, 1.82) is 0 Å². The van der Waals surface area contributed by atoms with Gasteiger partial charge < -0.3 is 5.11 Å². The van der Waals surface area contributed by atoms with E-state index >= 15 is 0 Å². The number of aryl methyl sites for hydroxylation is 1. The Kier molecular flexibility index (Phi) is 1.92. The lowest BCUT2D eigenvalue weighted by Gasteiger charge is -1.94. The van der Waals surface area contributed by atoms with E-state index in [-0.39, 0.29) is 5.69 Å². The van der Waals surface area contributed by atoms with E-state index < -0.39 is 5.97 Å². The maximum absolute atomic E-state index is 10.7. The second-order valence-corrected chi connectivity index (χ2v) is 2.97. The summed E-state index contributed by atoms with van der Waals surface area (Å²) in [6.07, 6.45) is 2.54. The second kappa shape index (κ2) is 3.10.